The Morgan fingerprint density at radius 1 is 1.35 bits per heavy atom. The highest BCUT2D eigenvalue weighted by atomic mass is 32.2. The Morgan fingerprint density at radius 3 is 2.65 bits per heavy atom. The fourth-order valence-electron chi connectivity index (χ4n) is 2.19. The molecule has 2 rings (SSSR count). The lowest BCUT2D eigenvalue weighted by molar-refractivity contribution is -0.141. The van der Waals surface area contributed by atoms with Crippen LogP contribution in [0, 0.1) is 13.8 Å². The number of aliphatic carboxylic acids is 1. The number of hydrogen-bond acceptors (Lipinski definition) is 4. The molecule has 0 bridgehead atoms. The Hall–Kier alpha value is -1.44. The molecule has 0 amide bonds. The molecule has 1 aliphatic heterocycles. The summed E-state index contributed by atoms with van der Waals surface area (Å²) in [6.45, 7) is 4.47. The molecule has 1 saturated heterocycles. The molecule has 0 saturated carbocycles. The van der Waals surface area contributed by atoms with Gasteiger partial charge >= 0.3 is 5.97 Å². The molecule has 1 aliphatic rings. The van der Waals surface area contributed by atoms with Gasteiger partial charge in [0, 0.05) is 19.6 Å². The topological polar surface area (TPSA) is 86.7 Å². The zero-order valence-corrected chi connectivity index (χ0v) is 12.3. The number of carbonyl (C=O) groups is 1. The quantitative estimate of drug-likeness (QED) is 0.841. The predicted molar refractivity (Wildman–Crippen MR) is 74.1 cm³/mol. The highest BCUT2D eigenvalue weighted by Gasteiger charge is 2.37. The number of nitrogens with one attached hydrogen (secondary N) is 1. The van der Waals surface area contributed by atoms with Gasteiger partial charge in [-0.15, -0.1) is 0 Å². The molecule has 1 heterocycles. The van der Waals surface area contributed by atoms with E-state index >= 15 is 0 Å². The molecule has 6 nitrogen and oxygen atoms in total. The Bertz CT molecular complexity index is 627. The van der Waals surface area contributed by atoms with Gasteiger partial charge in [-0.2, -0.15) is 4.31 Å². The van der Waals surface area contributed by atoms with E-state index in [9.17, 15) is 18.3 Å². The number of aryl methyl sites for hydroxylation is 2. The third kappa shape index (κ3) is 2.70. The van der Waals surface area contributed by atoms with Crippen LogP contribution >= 0.6 is 0 Å². The summed E-state index contributed by atoms with van der Waals surface area (Å²) in [6.07, 6.45) is 0. The number of rotatable bonds is 3. The van der Waals surface area contributed by atoms with E-state index in [1.54, 1.807) is 12.1 Å². The summed E-state index contributed by atoms with van der Waals surface area (Å²) in [6, 6.07) is 3.79. The molecular weight excluding hydrogens is 280 g/mol. The Labute approximate surface area is 118 Å². The largest absolute Gasteiger partial charge is 0.480 e. The van der Waals surface area contributed by atoms with Gasteiger partial charge < -0.3 is 10.4 Å². The van der Waals surface area contributed by atoms with E-state index in [4.69, 9.17) is 0 Å². The third-order valence-corrected chi connectivity index (χ3v) is 5.47. The average molecular weight is 298 g/mol. The third-order valence-electron chi connectivity index (χ3n) is 3.56. The first-order valence-electron chi connectivity index (χ1n) is 6.36. The summed E-state index contributed by atoms with van der Waals surface area (Å²) < 4.78 is 26.3. The minimum absolute atomic E-state index is 0.124. The van der Waals surface area contributed by atoms with Gasteiger partial charge in [0.2, 0.25) is 10.0 Å². The van der Waals surface area contributed by atoms with E-state index in [1.165, 1.54) is 6.07 Å². The molecular formula is C13H18N2O4S. The molecule has 1 fully saturated rings. The zero-order valence-electron chi connectivity index (χ0n) is 11.5. The second-order valence-corrected chi connectivity index (χ2v) is 6.81. The number of sulfonamides is 1. The first kappa shape index (κ1) is 15.0. The van der Waals surface area contributed by atoms with Crippen LogP contribution in [0.25, 0.3) is 0 Å². The van der Waals surface area contributed by atoms with Crippen LogP contribution in [0.2, 0.25) is 0 Å². The van der Waals surface area contributed by atoms with E-state index in [-0.39, 0.29) is 18.0 Å². The van der Waals surface area contributed by atoms with Crippen LogP contribution in [0.4, 0.5) is 0 Å². The first-order valence-corrected chi connectivity index (χ1v) is 7.80. The second kappa shape index (κ2) is 5.51. The van der Waals surface area contributed by atoms with Crippen molar-refractivity contribution >= 4 is 16.0 Å². The van der Waals surface area contributed by atoms with Crippen molar-refractivity contribution in [2.24, 2.45) is 0 Å². The highest BCUT2D eigenvalue weighted by molar-refractivity contribution is 7.89. The summed E-state index contributed by atoms with van der Waals surface area (Å²) >= 11 is 0. The first-order chi connectivity index (χ1) is 9.34. The lowest BCUT2D eigenvalue weighted by Crippen LogP contribution is -2.56. The molecule has 0 aromatic heterocycles. The predicted octanol–water partition coefficient (Wildman–Crippen LogP) is 0.351. The molecule has 0 radical (unpaired) electrons. The minimum atomic E-state index is -3.78. The van der Waals surface area contributed by atoms with E-state index in [0.717, 1.165) is 15.4 Å². The van der Waals surface area contributed by atoms with Crippen LogP contribution in [-0.2, 0) is 14.8 Å². The lowest BCUT2D eigenvalue weighted by Gasteiger charge is -2.32. The van der Waals surface area contributed by atoms with Crippen LogP contribution in [-0.4, -0.2) is 49.5 Å². The van der Waals surface area contributed by atoms with E-state index in [1.807, 2.05) is 13.8 Å². The Morgan fingerprint density at radius 2 is 2.05 bits per heavy atom. The number of benzene rings is 1. The number of nitrogens with zero attached hydrogens (tertiary/aromatic N) is 1. The maximum Gasteiger partial charge on any atom is 0.323 e. The normalized spacial score (nSPS) is 20.8. The van der Waals surface area contributed by atoms with Crippen LogP contribution < -0.4 is 5.32 Å². The van der Waals surface area contributed by atoms with Crippen molar-refractivity contribution in [2.75, 3.05) is 19.6 Å². The SMILES string of the molecule is Cc1ccc(S(=O)(=O)N2CCNCC2C(=O)O)cc1C. The lowest BCUT2D eigenvalue weighted by atomic mass is 10.1. The van der Waals surface area contributed by atoms with Gasteiger partial charge in [0.15, 0.2) is 0 Å². The molecule has 7 heteroatoms. The van der Waals surface area contributed by atoms with Gasteiger partial charge in [-0.25, -0.2) is 8.42 Å². The van der Waals surface area contributed by atoms with Crippen LogP contribution in [0.1, 0.15) is 11.1 Å². The van der Waals surface area contributed by atoms with Crippen LogP contribution in [0.5, 0.6) is 0 Å². The second-order valence-electron chi connectivity index (χ2n) is 4.92. The maximum absolute atomic E-state index is 12.6. The average Bonchev–Trinajstić information content (AvgIpc) is 2.41. The minimum Gasteiger partial charge on any atom is -0.480 e. The molecule has 20 heavy (non-hydrogen) atoms. The molecule has 1 aromatic carbocycles. The standard InChI is InChI=1S/C13H18N2O4S/c1-9-3-4-11(7-10(9)2)20(18,19)15-6-5-14-8-12(15)13(16)17/h3-4,7,12,14H,5-6,8H2,1-2H3,(H,16,17). The molecule has 1 aromatic rings. The van der Waals surface area contributed by atoms with Crippen molar-refractivity contribution in [1.82, 2.24) is 9.62 Å². The van der Waals surface area contributed by atoms with Crippen molar-refractivity contribution in [3.63, 3.8) is 0 Å². The maximum atomic E-state index is 12.6. The molecule has 1 atom stereocenters. The highest BCUT2D eigenvalue weighted by Crippen LogP contribution is 2.21. The van der Waals surface area contributed by atoms with Crippen molar-refractivity contribution in [2.45, 2.75) is 24.8 Å². The van der Waals surface area contributed by atoms with Gasteiger partial charge in [0.1, 0.15) is 6.04 Å². The zero-order chi connectivity index (χ0) is 14.9. The fraction of sp³-hybridized carbons (Fsp3) is 0.462. The Kier molecular flexibility index (Phi) is 4.12. The number of carboxylic acids is 1. The van der Waals surface area contributed by atoms with Crippen molar-refractivity contribution in [1.29, 1.82) is 0 Å². The van der Waals surface area contributed by atoms with Gasteiger partial charge in [0.05, 0.1) is 4.90 Å². The summed E-state index contributed by atoms with van der Waals surface area (Å²) in [4.78, 5) is 11.4. The smallest absolute Gasteiger partial charge is 0.323 e. The van der Waals surface area contributed by atoms with Crippen LogP contribution in [0.3, 0.4) is 0 Å². The summed E-state index contributed by atoms with van der Waals surface area (Å²) in [5.41, 5.74) is 1.87. The van der Waals surface area contributed by atoms with E-state index in [0.29, 0.717) is 6.54 Å². The van der Waals surface area contributed by atoms with Gasteiger partial charge in [0.25, 0.3) is 0 Å². The van der Waals surface area contributed by atoms with Gasteiger partial charge in [-0.3, -0.25) is 4.79 Å². The molecule has 110 valence electrons. The number of carboxylic acid groups (broad SMARTS) is 1. The van der Waals surface area contributed by atoms with E-state index < -0.39 is 22.0 Å². The number of hydrogen-bond donors (Lipinski definition) is 2. The molecule has 0 spiro atoms. The van der Waals surface area contributed by atoms with Crippen molar-refractivity contribution in [3.8, 4) is 0 Å². The van der Waals surface area contributed by atoms with E-state index in [2.05, 4.69) is 5.32 Å². The Balaban J connectivity index is 2.42. The molecule has 0 aliphatic carbocycles. The number of piperazine rings is 1. The van der Waals surface area contributed by atoms with Crippen molar-refractivity contribution in [3.05, 3.63) is 29.3 Å². The monoisotopic (exact) mass is 298 g/mol. The van der Waals surface area contributed by atoms with Gasteiger partial charge in [-0.1, -0.05) is 6.07 Å². The van der Waals surface area contributed by atoms with Crippen molar-refractivity contribution < 1.29 is 18.3 Å². The summed E-state index contributed by atoms with van der Waals surface area (Å²) in [5, 5.41) is 12.1. The summed E-state index contributed by atoms with van der Waals surface area (Å²) in [5.74, 6) is -1.13. The van der Waals surface area contributed by atoms with Crippen LogP contribution in [0.15, 0.2) is 23.1 Å². The molecule has 1 unspecified atom stereocenters. The fourth-order valence-corrected chi connectivity index (χ4v) is 3.86. The summed E-state index contributed by atoms with van der Waals surface area (Å²) in [7, 11) is -3.78. The molecule has 2 N–H and O–H groups in total. The van der Waals surface area contributed by atoms with Gasteiger partial charge in [-0.05, 0) is 37.1 Å².